The molecule has 2 atom stereocenters. The van der Waals surface area contributed by atoms with Crippen molar-refractivity contribution < 1.29 is 10.2 Å². The van der Waals surface area contributed by atoms with E-state index in [0.717, 1.165) is 31.6 Å². The molecule has 2 aliphatic rings. The first-order chi connectivity index (χ1) is 10.5. The van der Waals surface area contributed by atoms with Crippen molar-refractivity contribution in [2.24, 2.45) is 11.8 Å². The normalized spacial score (nSPS) is 32.2. The molecule has 0 aromatic carbocycles. The van der Waals surface area contributed by atoms with Crippen LogP contribution in [0.4, 0.5) is 0 Å². The fourth-order valence-electron chi connectivity index (χ4n) is 3.42. The monoisotopic (exact) mass is 308 g/mol. The Balaban J connectivity index is 0.000000220. The molecule has 2 aliphatic carbocycles. The van der Waals surface area contributed by atoms with Crippen molar-refractivity contribution in [3.8, 4) is 0 Å². The molecule has 0 bridgehead atoms. The van der Waals surface area contributed by atoms with Gasteiger partial charge in [-0.2, -0.15) is 0 Å². The Hall–Kier alpha value is -0.600. The van der Waals surface area contributed by atoms with E-state index in [0.29, 0.717) is 5.92 Å². The van der Waals surface area contributed by atoms with E-state index in [9.17, 15) is 10.2 Å². The quantitative estimate of drug-likeness (QED) is 0.720. The third-order valence-electron chi connectivity index (χ3n) is 4.71. The second-order valence-corrected chi connectivity index (χ2v) is 7.16. The maximum atomic E-state index is 9.54. The van der Waals surface area contributed by atoms with Crippen molar-refractivity contribution in [2.45, 2.75) is 90.8 Å². The van der Waals surface area contributed by atoms with Gasteiger partial charge in [0.1, 0.15) is 0 Å². The van der Waals surface area contributed by atoms with Crippen LogP contribution >= 0.6 is 0 Å². The lowest BCUT2D eigenvalue weighted by Crippen LogP contribution is -2.22. The van der Waals surface area contributed by atoms with Crippen molar-refractivity contribution in [1.29, 1.82) is 0 Å². The van der Waals surface area contributed by atoms with E-state index < -0.39 is 0 Å². The Morgan fingerprint density at radius 1 is 0.955 bits per heavy atom. The van der Waals surface area contributed by atoms with E-state index >= 15 is 0 Å². The number of aliphatic hydroxyl groups excluding tert-OH is 2. The third kappa shape index (κ3) is 8.14. The predicted molar refractivity (Wildman–Crippen MR) is 94.8 cm³/mol. The van der Waals surface area contributed by atoms with Crippen molar-refractivity contribution >= 4 is 0 Å². The number of hydrogen-bond donors (Lipinski definition) is 2. The summed E-state index contributed by atoms with van der Waals surface area (Å²) >= 11 is 0. The SMILES string of the molecule is CC(C)=CC1CCC(O)CC1.CC/C=C/C1CCCCC1O. The molecule has 0 aromatic rings. The highest BCUT2D eigenvalue weighted by Gasteiger charge is 2.19. The van der Waals surface area contributed by atoms with E-state index in [4.69, 9.17) is 0 Å². The first-order valence-corrected chi connectivity index (χ1v) is 9.20. The Labute approximate surface area is 137 Å². The van der Waals surface area contributed by atoms with Crippen molar-refractivity contribution in [1.82, 2.24) is 0 Å². The molecule has 0 amide bonds. The van der Waals surface area contributed by atoms with Gasteiger partial charge >= 0.3 is 0 Å². The van der Waals surface area contributed by atoms with E-state index in [1.165, 1.54) is 37.7 Å². The molecule has 2 rings (SSSR count). The maximum Gasteiger partial charge on any atom is 0.0602 e. The number of rotatable bonds is 3. The van der Waals surface area contributed by atoms with Gasteiger partial charge in [-0.25, -0.2) is 0 Å². The average molecular weight is 309 g/mol. The lowest BCUT2D eigenvalue weighted by Gasteiger charge is -2.24. The molecule has 0 radical (unpaired) electrons. The molecule has 0 heterocycles. The molecule has 2 fully saturated rings. The number of allylic oxidation sites excluding steroid dienone is 3. The van der Waals surface area contributed by atoms with Crippen LogP contribution in [0.5, 0.6) is 0 Å². The highest BCUT2D eigenvalue weighted by molar-refractivity contribution is 4.98. The summed E-state index contributed by atoms with van der Waals surface area (Å²) in [4.78, 5) is 0. The third-order valence-corrected chi connectivity index (χ3v) is 4.71. The molecule has 2 heteroatoms. The van der Waals surface area contributed by atoms with Gasteiger partial charge in [0.15, 0.2) is 0 Å². The van der Waals surface area contributed by atoms with Gasteiger partial charge in [-0.15, -0.1) is 0 Å². The molecule has 0 saturated heterocycles. The van der Waals surface area contributed by atoms with Gasteiger partial charge in [-0.1, -0.05) is 43.6 Å². The van der Waals surface area contributed by atoms with Crippen molar-refractivity contribution in [3.63, 3.8) is 0 Å². The molecule has 2 nitrogen and oxygen atoms in total. The summed E-state index contributed by atoms with van der Waals surface area (Å²) in [6.45, 7) is 6.42. The van der Waals surface area contributed by atoms with Crippen molar-refractivity contribution in [2.75, 3.05) is 0 Å². The summed E-state index contributed by atoms with van der Waals surface area (Å²) in [5, 5.41) is 18.8. The zero-order valence-corrected chi connectivity index (χ0v) is 14.8. The molecule has 2 N–H and O–H groups in total. The second-order valence-electron chi connectivity index (χ2n) is 7.16. The molecular weight excluding hydrogens is 272 g/mol. The van der Waals surface area contributed by atoms with Crippen LogP contribution in [0.25, 0.3) is 0 Å². The van der Waals surface area contributed by atoms with Crippen LogP contribution in [0.15, 0.2) is 23.8 Å². The average Bonchev–Trinajstić information content (AvgIpc) is 2.49. The van der Waals surface area contributed by atoms with E-state index in [-0.39, 0.29) is 12.2 Å². The van der Waals surface area contributed by atoms with Crippen LogP contribution in [-0.4, -0.2) is 22.4 Å². The zero-order chi connectivity index (χ0) is 16.4. The summed E-state index contributed by atoms with van der Waals surface area (Å²) in [6, 6.07) is 0. The van der Waals surface area contributed by atoms with Gasteiger partial charge in [0.05, 0.1) is 12.2 Å². The highest BCUT2D eigenvalue weighted by atomic mass is 16.3. The van der Waals surface area contributed by atoms with E-state index in [1.807, 2.05) is 0 Å². The Kier molecular flexibility index (Phi) is 9.74. The minimum atomic E-state index is -0.0634. The fourth-order valence-corrected chi connectivity index (χ4v) is 3.42. The van der Waals surface area contributed by atoms with Gasteiger partial charge < -0.3 is 10.2 Å². The molecular formula is C20H36O2. The van der Waals surface area contributed by atoms with E-state index in [1.54, 1.807) is 0 Å². The molecule has 2 saturated carbocycles. The lowest BCUT2D eigenvalue weighted by atomic mass is 9.86. The summed E-state index contributed by atoms with van der Waals surface area (Å²) in [6.07, 6.45) is 16.7. The second kappa shape index (κ2) is 11.0. The number of hydrogen-bond acceptors (Lipinski definition) is 2. The summed E-state index contributed by atoms with van der Waals surface area (Å²) in [7, 11) is 0. The maximum absolute atomic E-state index is 9.54. The molecule has 0 spiro atoms. The van der Waals surface area contributed by atoms with Gasteiger partial charge in [0, 0.05) is 5.92 Å². The summed E-state index contributed by atoms with van der Waals surface area (Å²) in [5.74, 6) is 1.19. The van der Waals surface area contributed by atoms with Crippen LogP contribution in [-0.2, 0) is 0 Å². The van der Waals surface area contributed by atoms with Crippen LogP contribution in [0.3, 0.4) is 0 Å². The fraction of sp³-hybridized carbons (Fsp3) is 0.800. The molecule has 0 aliphatic heterocycles. The first-order valence-electron chi connectivity index (χ1n) is 9.20. The zero-order valence-electron chi connectivity index (χ0n) is 14.8. The highest BCUT2D eigenvalue weighted by Crippen LogP contribution is 2.26. The largest absolute Gasteiger partial charge is 0.393 e. The van der Waals surface area contributed by atoms with Crippen molar-refractivity contribution in [3.05, 3.63) is 23.8 Å². The van der Waals surface area contributed by atoms with Gasteiger partial charge in [0.2, 0.25) is 0 Å². The Bertz CT molecular complexity index is 334. The minimum Gasteiger partial charge on any atom is -0.393 e. The van der Waals surface area contributed by atoms with Crippen LogP contribution in [0, 0.1) is 11.8 Å². The van der Waals surface area contributed by atoms with Crippen LogP contribution in [0.1, 0.15) is 78.6 Å². The molecule has 128 valence electrons. The summed E-state index contributed by atoms with van der Waals surface area (Å²) in [5.41, 5.74) is 1.41. The summed E-state index contributed by atoms with van der Waals surface area (Å²) < 4.78 is 0. The Morgan fingerprint density at radius 3 is 2.14 bits per heavy atom. The molecule has 0 aromatic heterocycles. The first kappa shape index (κ1) is 19.4. The van der Waals surface area contributed by atoms with Gasteiger partial charge in [0.25, 0.3) is 0 Å². The smallest absolute Gasteiger partial charge is 0.0602 e. The van der Waals surface area contributed by atoms with Crippen LogP contribution in [0.2, 0.25) is 0 Å². The topological polar surface area (TPSA) is 40.5 Å². The minimum absolute atomic E-state index is 0.0168. The predicted octanol–water partition coefficient (Wildman–Crippen LogP) is 5.01. The molecule has 22 heavy (non-hydrogen) atoms. The number of aliphatic hydroxyl groups is 2. The Morgan fingerprint density at radius 2 is 1.59 bits per heavy atom. The van der Waals surface area contributed by atoms with Gasteiger partial charge in [-0.05, 0) is 64.7 Å². The lowest BCUT2D eigenvalue weighted by molar-refractivity contribution is 0.0926. The van der Waals surface area contributed by atoms with E-state index in [2.05, 4.69) is 39.0 Å². The standard InChI is InChI=1S/2C10H18O/c1-8(2)7-9-3-5-10(11)6-4-9;1-2-3-6-9-7-4-5-8-10(9)11/h7,9-11H,3-6H2,1-2H3;3,6,9-11H,2,4-5,7-8H2,1H3/b;6-3+. The van der Waals surface area contributed by atoms with Gasteiger partial charge in [-0.3, -0.25) is 0 Å². The molecule has 2 unspecified atom stereocenters. The van der Waals surface area contributed by atoms with Crippen LogP contribution < -0.4 is 0 Å².